The van der Waals surface area contributed by atoms with Crippen LogP contribution in [0.15, 0.2) is 28.9 Å². The predicted molar refractivity (Wildman–Crippen MR) is 68.6 cm³/mol. The average molecular weight is 280 g/mol. The molecule has 0 aliphatic heterocycles. The summed E-state index contributed by atoms with van der Waals surface area (Å²) in [6.45, 7) is 4.64. The number of nitrogens with two attached hydrogens (primary N) is 1. The minimum Gasteiger partial charge on any atom is -0.325 e. The van der Waals surface area contributed by atoms with Crippen molar-refractivity contribution in [3.63, 3.8) is 0 Å². The van der Waals surface area contributed by atoms with Gasteiger partial charge in [-0.05, 0) is 53.0 Å². The Balaban J connectivity index is 2.46. The molecule has 0 bridgehead atoms. The summed E-state index contributed by atoms with van der Waals surface area (Å²) in [6.07, 6.45) is 1.94. The summed E-state index contributed by atoms with van der Waals surface area (Å²) in [5, 5.41) is 4.41. The zero-order valence-electron chi connectivity index (χ0n) is 9.37. The maximum atomic E-state index is 5.59. The van der Waals surface area contributed by atoms with Crippen LogP contribution in [-0.4, -0.2) is 9.78 Å². The molecule has 0 aliphatic rings. The molecular weight excluding hydrogens is 266 g/mol. The zero-order valence-corrected chi connectivity index (χ0v) is 11.0. The standard InChI is InChI=1S/C12H14BrN3/c1-8-3-4-10(5-9(8)2)16-7-11(13)12(6-14)15-16/h3-5,7H,6,14H2,1-2H3. The molecule has 0 atom stereocenters. The molecule has 16 heavy (non-hydrogen) atoms. The molecule has 1 aromatic heterocycles. The third-order valence-corrected chi connectivity index (χ3v) is 3.35. The number of hydrogen-bond donors (Lipinski definition) is 1. The van der Waals surface area contributed by atoms with E-state index < -0.39 is 0 Å². The molecule has 0 amide bonds. The highest BCUT2D eigenvalue weighted by atomic mass is 79.9. The van der Waals surface area contributed by atoms with E-state index in [0.29, 0.717) is 6.54 Å². The number of aromatic nitrogens is 2. The SMILES string of the molecule is Cc1ccc(-n2cc(Br)c(CN)n2)cc1C. The molecule has 0 saturated carbocycles. The smallest absolute Gasteiger partial charge is 0.0906 e. The summed E-state index contributed by atoms with van der Waals surface area (Å²) in [7, 11) is 0. The monoisotopic (exact) mass is 279 g/mol. The molecule has 84 valence electrons. The largest absolute Gasteiger partial charge is 0.325 e. The zero-order chi connectivity index (χ0) is 11.7. The molecule has 0 saturated heterocycles. The van der Waals surface area contributed by atoms with Crippen molar-refractivity contribution in [3.8, 4) is 5.69 Å². The summed E-state index contributed by atoms with van der Waals surface area (Å²) in [4.78, 5) is 0. The van der Waals surface area contributed by atoms with E-state index in [9.17, 15) is 0 Å². The number of halogens is 1. The van der Waals surface area contributed by atoms with Crippen LogP contribution in [0.3, 0.4) is 0 Å². The lowest BCUT2D eigenvalue weighted by Crippen LogP contribution is -2.01. The number of nitrogens with zero attached hydrogens (tertiary/aromatic N) is 2. The van der Waals surface area contributed by atoms with Gasteiger partial charge in [-0.25, -0.2) is 4.68 Å². The molecule has 0 fully saturated rings. The fourth-order valence-corrected chi connectivity index (χ4v) is 1.96. The van der Waals surface area contributed by atoms with Crippen molar-refractivity contribution in [1.29, 1.82) is 0 Å². The topological polar surface area (TPSA) is 43.8 Å². The number of hydrogen-bond acceptors (Lipinski definition) is 2. The van der Waals surface area contributed by atoms with E-state index in [2.05, 4.69) is 53.1 Å². The van der Waals surface area contributed by atoms with Crippen LogP contribution in [0.5, 0.6) is 0 Å². The lowest BCUT2D eigenvalue weighted by molar-refractivity contribution is 0.832. The van der Waals surface area contributed by atoms with E-state index in [1.54, 1.807) is 0 Å². The minimum atomic E-state index is 0.443. The first-order valence-corrected chi connectivity index (χ1v) is 5.93. The quantitative estimate of drug-likeness (QED) is 0.919. The van der Waals surface area contributed by atoms with E-state index in [0.717, 1.165) is 15.9 Å². The molecule has 4 heteroatoms. The van der Waals surface area contributed by atoms with Gasteiger partial charge in [0.1, 0.15) is 0 Å². The molecule has 1 aromatic carbocycles. The highest BCUT2D eigenvalue weighted by Crippen LogP contribution is 2.19. The van der Waals surface area contributed by atoms with Gasteiger partial charge >= 0.3 is 0 Å². The molecule has 0 aliphatic carbocycles. The number of aryl methyl sites for hydroxylation is 2. The number of benzene rings is 1. The second-order valence-electron chi connectivity index (χ2n) is 3.84. The van der Waals surface area contributed by atoms with Gasteiger partial charge in [0.25, 0.3) is 0 Å². The molecule has 0 radical (unpaired) electrons. The van der Waals surface area contributed by atoms with Crippen LogP contribution < -0.4 is 5.73 Å². The molecule has 2 N–H and O–H groups in total. The normalized spacial score (nSPS) is 10.8. The van der Waals surface area contributed by atoms with Crippen LogP contribution in [0.4, 0.5) is 0 Å². The third kappa shape index (κ3) is 2.03. The molecule has 2 aromatic rings. The second-order valence-corrected chi connectivity index (χ2v) is 4.70. The Morgan fingerprint density at radius 2 is 2.06 bits per heavy atom. The summed E-state index contributed by atoms with van der Waals surface area (Å²) in [5.74, 6) is 0. The highest BCUT2D eigenvalue weighted by Gasteiger charge is 2.06. The van der Waals surface area contributed by atoms with Gasteiger partial charge in [0, 0.05) is 12.7 Å². The highest BCUT2D eigenvalue weighted by molar-refractivity contribution is 9.10. The summed E-state index contributed by atoms with van der Waals surface area (Å²) >= 11 is 3.44. The van der Waals surface area contributed by atoms with Crippen LogP contribution in [-0.2, 0) is 6.54 Å². The Morgan fingerprint density at radius 3 is 2.62 bits per heavy atom. The molecule has 0 unspecified atom stereocenters. The van der Waals surface area contributed by atoms with E-state index in [1.807, 2.05) is 10.9 Å². The van der Waals surface area contributed by atoms with E-state index in [1.165, 1.54) is 11.1 Å². The summed E-state index contributed by atoms with van der Waals surface area (Å²) in [5.41, 5.74) is 10.1. The van der Waals surface area contributed by atoms with Gasteiger partial charge < -0.3 is 5.73 Å². The lowest BCUT2D eigenvalue weighted by atomic mass is 10.1. The lowest BCUT2D eigenvalue weighted by Gasteiger charge is -2.04. The Morgan fingerprint density at radius 1 is 1.31 bits per heavy atom. The second kappa shape index (κ2) is 4.39. The molecule has 3 nitrogen and oxygen atoms in total. The third-order valence-electron chi connectivity index (χ3n) is 2.69. The van der Waals surface area contributed by atoms with Crippen molar-refractivity contribution in [3.05, 3.63) is 45.7 Å². The average Bonchev–Trinajstić information content (AvgIpc) is 2.64. The van der Waals surface area contributed by atoms with Gasteiger partial charge in [0.2, 0.25) is 0 Å². The van der Waals surface area contributed by atoms with Crippen LogP contribution in [0.25, 0.3) is 5.69 Å². The van der Waals surface area contributed by atoms with Crippen molar-refractivity contribution < 1.29 is 0 Å². The van der Waals surface area contributed by atoms with Gasteiger partial charge in [0.15, 0.2) is 0 Å². The van der Waals surface area contributed by atoms with Gasteiger partial charge in [-0.3, -0.25) is 0 Å². The van der Waals surface area contributed by atoms with Gasteiger partial charge in [-0.2, -0.15) is 5.10 Å². The Kier molecular flexibility index (Phi) is 3.12. The first kappa shape index (κ1) is 11.4. The maximum Gasteiger partial charge on any atom is 0.0906 e. The van der Waals surface area contributed by atoms with Gasteiger partial charge in [-0.15, -0.1) is 0 Å². The van der Waals surface area contributed by atoms with Crippen LogP contribution >= 0.6 is 15.9 Å². The Hall–Kier alpha value is -1.13. The van der Waals surface area contributed by atoms with Gasteiger partial charge in [-0.1, -0.05) is 6.07 Å². The molecule has 1 heterocycles. The van der Waals surface area contributed by atoms with E-state index >= 15 is 0 Å². The van der Waals surface area contributed by atoms with Crippen LogP contribution in [0.2, 0.25) is 0 Å². The van der Waals surface area contributed by atoms with Crippen molar-refractivity contribution >= 4 is 15.9 Å². The minimum absolute atomic E-state index is 0.443. The van der Waals surface area contributed by atoms with Crippen molar-refractivity contribution in [2.45, 2.75) is 20.4 Å². The maximum absolute atomic E-state index is 5.59. The van der Waals surface area contributed by atoms with Gasteiger partial charge in [0.05, 0.1) is 15.9 Å². The van der Waals surface area contributed by atoms with E-state index in [4.69, 9.17) is 5.73 Å². The van der Waals surface area contributed by atoms with Crippen LogP contribution in [0, 0.1) is 13.8 Å². The molecule has 0 spiro atoms. The predicted octanol–water partition coefficient (Wildman–Crippen LogP) is 2.71. The first-order chi connectivity index (χ1) is 7.61. The van der Waals surface area contributed by atoms with Crippen molar-refractivity contribution in [2.24, 2.45) is 5.73 Å². The molecular formula is C12H14BrN3. The van der Waals surface area contributed by atoms with Crippen molar-refractivity contribution in [2.75, 3.05) is 0 Å². The Labute approximate surface area is 103 Å². The van der Waals surface area contributed by atoms with Crippen molar-refractivity contribution in [1.82, 2.24) is 9.78 Å². The van der Waals surface area contributed by atoms with E-state index in [-0.39, 0.29) is 0 Å². The molecule has 2 rings (SSSR count). The summed E-state index contributed by atoms with van der Waals surface area (Å²) in [6, 6.07) is 6.28. The van der Waals surface area contributed by atoms with Crippen LogP contribution in [0.1, 0.15) is 16.8 Å². The fourth-order valence-electron chi connectivity index (χ4n) is 1.53. The Bertz CT molecular complexity index is 517. The fraction of sp³-hybridized carbons (Fsp3) is 0.250. The number of rotatable bonds is 2. The summed E-state index contributed by atoms with van der Waals surface area (Å²) < 4.78 is 2.80. The first-order valence-electron chi connectivity index (χ1n) is 5.13.